The minimum Gasteiger partial charge on any atom is -0.494 e. The van der Waals surface area contributed by atoms with Crippen LogP contribution in [-0.2, 0) is 0 Å². The molecule has 5 heteroatoms. The number of benzene rings is 1. The van der Waals surface area contributed by atoms with Gasteiger partial charge in [-0.15, -0.1) is 0 Å². The average molecular weight is 281 g/mol. The lowest BCUT2D eigenvalue weighted by Gasteiger charge is -2.06. The zero-order valence-electron chi connectivity index (χ0n) is 11.7. The Hall–Kier alpha value is -2.69. The molecule has 21 heavy (non-hydrogen) atoms. The van der Waals surface area contributed by atoms with Gasteiger partial charge < -0.3 is 9.72 Å². The maximum atomic E-state index is 12.2. The fraction of sp³-hybridized carbons (Fsp3) is 0.188. The van der Waals surface area contributed by atoms with Crippen molar-refractivity contribution in [1.82, 2.24) is 15.0 Å². The number of nitrogens with one attached hydrogen (secondary N) is 1. The molecule has 3 rings (SSSR count). The van der Waals surface area contributed by atoms with E-state index in [1.165, 1.54) is 0 Å². The number of H-pyrrole nitrogens is 1. The average Bonchev–Trinajstić information content (AvgIpc) is 2.54. The highest BCUT2D eigenvalue weighted by atomic mass is 16.5. The van der Waals surface area contributed by atoms with Gasteiger partial charge in [-0.25, -0.2) is 4.98 Å². The summed E-state index contributed by atoms with van der Waals surface area (Å²) in [6.07, 6.45) is 4.27. The van der Waals surface area contributed by atoms with Gasteiger partial charge in [-0.1, -0.05) is 6.92 Å². The van der Waals surface area contributed by atoms with Gasteiger partial charge in [0, 0.05) is 18.0 Å². The highest BCUT2D eigenvalue weighted by Crippen LogP contribution is 2.19. The molecule has 0 aliphatic rings. The fourth-order valence-electron chi connectivity index (χ4n) is 2.07. The molecule has 2 heterocycles. The molecule has 0 fully saturated rings. The number of rotatable bonds is 4. The first-order valence-corrected chi connectivity index (χ1v) is 6.85. The first-order valence-electron chi connectivity index (χ1n) is 6.85. The minimum atomic E-state index is -0.180. The summed E-state index contributed by atoms with van der Waals surface area (Å²) in [5.41, 5.74) is 1.24. The predicted octanol–water partition coefficient (Wildman–Crippen LogP) is 2.77. The van der Waals surface area contributed by atoms with Gasteiger partial charge in [0.05, 0.1) is 17.5 Å². The Kier molecular flexibility index (Phi) is 3.64. The highest BCUT2D eigenvalue weighted by molar-refractivity contribution is 5.80. The van der Waals surface area contributed by atoms with Gasteiger partial charge in [0.2, 0.25) is 0 Å². The van der Waals surface area contributed by atoms with E-state index in [0.717, 1.165) is 12.0 Å². The van der Waals surface area contributed by atoms with Crippen molar-refractivity contribution in [3.05, 3.63) is 53.1 Å². The van der Waals surface area contributed by atoms with Crippen LogP contribution in [0.4, 0.5) is 0 Å². The Morgan fingerprint density at radius 2 is 2.19 bits per heavy atom. The van der Waals surface area contributed by atoms with Gasteiger partial charge in [0.15, 0.2) is 0 Å². The number of aromatic amines is 1. The molecule has 1 N–H and O–H groups in total. The standard InChI is InChI=1S/C16H15N3O2/c1-2-8-21-12-5-6-14-13(9-12)16(20)19-15(18-14)11-4-3-7-17-10-11/h3-7,9-10H,2,8H2,1H3,(H,18,19,20). The smallest absolute Gasteiger partial charge is 0.259 e. The van der Waals surface area contributed by atoms with E-state index in [1.54, 1.807) is 30.6 Å². The largest absolute Gasteiger partial charge is 0.494 e. The molecule has 0 atom stereocenters. The van der Waals surface area contributed by atoms with Crippen LogP contribution in [0, 0.1) is 0 Å². The van der Waals surface area contributed by atoms with Crippen molar-refractivity contribution in [1.29, 1.82) is 0 Å². The molecule has 0 saturated heterocycles. The van der Waals surface area contributed by atoms with Crippen molar-refractivity contribution in [3.63, 3.8) is 0 Å². The number of nitrogens with zero attached hydrogens (tertiary/aromatic N) is 2. The van der Waals surface area contributed by atoms with Crippen LogP contribution >= 0.6 is 0 Å². The second-order valence-electron chi connectivity index (χ2n) is 4.68. The Labute approximate surface area is 121 Å². The normalized spacial score (nSPS) is 10.7. The van der Waals surface area contributed by atoms with Gasteiger partial charge in [-0.05, 0) is 36.8 Å². The second kappa shape index (κ2) is 5.75. The Bertz CT molecular complexity index is 813. The van der Waals surface area contributed by atoms with Crippen LogP contribution in [0.1, 0.15) is 13.3 Å². The number of hydrogen-bond donors (Lipinski definition) is 1. The van der Waals surface area contributed by atoms with Crippen molar-refractivity contribution < 1.29 is 4.74 Å². The van der Waals surface area contributed by atoms with Crippen molar-refractivity contribution in [2.24, 2.45) is 0 Å². The van der Waals surface area contributed by atoms with Crippen LogP contribution in [0.5, 0.6) is 5.75 Å². The van der Waals surface area contributed by atoms with E-state index in [1.807, 2.05) is 19.1 Å². The summed E-state index contributed by atoms with van der Waals surface area (Å²) < 4.78 is 5.54. The molecule has 5 nitrogen and oxygen atoms in total. The maximum absolute atomic E-state index is 12.2. The zero-order valence-corrected chi connectivity index (χ0v) is 11.7. The summed E-state index contributed by atoms with van der Waals surface area (Å²) in [6, 6.07) is 9.02. The lowest BCUT2D eigenvalue weighted by Crippen LogP contribution is -2.10. The van der Waals surface area contributed by atoms with E-state index < -0.39 is 0 Å². The number of aromatic nitrogens is 3. The molecule has 0 spiro atoms. The van der Waals surface area contributed by atoms with Gasteiger partial charge in [0.1, 0.15) is 11.6 Å². The van der Waals surface area contributed by atoms with E-state index >= 15 is 0 Å². The van der Waals surface area contributed by atoms with Crippen LogP contribution in [-0.4, -0.2) is 21.6 Å². The van der Waals surface area contributed by atoms with E-state index in [-0.39, 0.29) is 5.56 Å². The highest BCUT2D eigenvalue weighted by Gasteiger charge is 2.07. The molecule has 0 aliphatic carbocycles. The molecule has 0 saturated carbocycles. The Balaban J connectivity index is 2.07. The monoisotopic (exact) mass is 281 g/mol. The lowest BCUT2D eigenvalue weighted by atomic mass is 10.2. The molecule has 0 unspecified atom stereocenters. The summed E-state index contributed by atoms with van der Waals surface area (Å²) >= 11 is 0. The lowest BCUT2D eigenvalue weighted by molar-refractivity contribution is 0.318. The van der Waals surface area contributed by atoms with Crippen LogP contribution in [0.2, 0.25) is 0 Å². The molecular weight excluding hydrogens is 266 g/mol. The first-order chi connectivity index (χ1) is 10.3. The molecule has 0 amide bonds. The third-order valence-electron chi connectivity index (χ3n) is 3.08. The summed E-state index contributed by atoms with van der Waals surface area (Å²) in [4.78, 5) is 23.5. The Morgan fingerprint density at radius 1 is 1.29 bits per heavy atom. The van der Waals surface area contributed by atoms with Crippen LogP contribution in [0.15, 0.2) is 47.5 Å². The molecule has 0 radical (unpaired) electrons. The predicted molar refractivity (Wildman–Crippen MR) is 81.4 cm³/mol. The van der Waals surface area contributed by atoms with Crippen LogP contribution < -0.4 is 10.3 Å². The van der Waals surface area contributed by atoms with E-state index in [9.17, 15) is 4.79 Å². The summed E-state index contributed by atoms with van der Waals surface area (Å²) in [7, 11) is 0. The quantitative estimate of drug-likeness (QED) is 0.798. The topological polar surface area (TPSA) is 67.9 Å². The zero-order chi connectivity index (χ0) is 14.7. The number of fused-ring (bicyclic) bond motifs is 1. The van der Waals surface area contributed by atoms with Crippen molar-refractivity contribution in [3.8, 4) is 17.1 Å². The maximum Gasteiger partial charge on any atom is 0.259 e. The fourth-order valence-corrected chi connectivity index (χ4v) is 2.07. The number of pyridine rings is 1. The van der Waals surface area contributed by atoms with Crippen molar-refractivity contribution in [2.75, 3.05) is 6.61 Å². The molecular formula is C16H15N3O2. The summed E-state index contributed by atoms with van der Waals surface area (Å²) in [6.45, 7) is 2.67. The molecule has 1 aromatic carbocycles. The van der Waals surface area contributed by atoms with Gasteiger partial charge in [-0.2, -0.15) is 0 Å². The number of ether oxygens (including phenoxy) is 1. The number of hydrogen-bond acceptors (Lipinski definition) is 4. The van der Waals surface area contributed by atoms with Crippen molar-refractivity contribution in [2.45, 2.75) is 13.3 Å². The molecule has 0 bridgehead atoms. The SMILES string of the molecule is CCCOc1ccc2nc(-c3cccnc3)[nH]c(=O)c2c1. The van der Waals surface area contributed by atoms with Gasteiger partial charge in [0.25, 0.3) is 5.56 Å². The minimum absolute atomic E-state index is 0.180. The van der Waals surface area contributed by atoms with Crippen LogP contribution in [0.25, 0.3) is 22.3 Å². The third kappa shape index (κ3) is 2.76. The second-order valence-corrected chi connectivity index (χ2v) is 4.68. The van der Waals surface area contributed by atoms with Gasteiger partial charge in [-0.3, -0.25) is 9.78 Å². The first kappa shape index (κ1) is 13.3. The summed E-state index contributed by atoms with van der Waals surface area (Å²) in [5.74, 6) is 1.20. The molecule has 106 valence electrons. The van der Waals surface area contributed by atoms with E-state index in [0.29, 0.717) is 29.1 Å². The van der Waals surface area contributed by atoms with E-state index in [2.05, 4.69) is 15.0 Å². The van der Waals surface area contributed by atoms with Gasteiger partial charge >= 0.3 is 0 Å². The summed E-state index contributed by atoms with van der Waals surface area (Å²) in [5, 5.41) is 0.524. The Morgan fingerprint density at radius 3 is 2.95 bits per heavy atom. The third-order valence-corrected chi connectivity index (χ3v) is 3.08. The van der Waals surface area contributed by atoms with E-state index in [4.69, 9.17) is 4.74 Å². The van der Waals surface area contributed by atoms with Crippen molar-refractivity contribution >= 4 is 10.9 Å². The molecule has 2 aromatic heterocycles. The molecule has 0 aliphatic heterocycles. The molecule has 3 aromatic rings. The van der Waals surface area contributed by atoms with Crippen LogP contribution in [0.3, 0.4) is 0 Å².